The lowest BCUT2D eigenvalue weighted by atomic mass is 10.0. The van der Waals surface area contributed by atoms with Gasteiger partial charge in [-0.15, -0.1) is 0 Å². The number of hydrogen-bond acceptors (Lipinski definition) is 3. The van der Waals surface area contributed by atoms with Gasteiger partial charge >= 0.3 is 5.97 Å². The number of amides is 1. The Morgan fingerprint density at radius 2 is 1.64 bits per heavy atom. The summed E-state index contributed by atoms with van der Waals surface area (Å²) in [6.45, 7) is -0.388. The molecule has 1 amide bonds. The van der Waals surface area contributed by atoms with E-state index in [1.54, 1.807) is 0 Å². The van der Waals surface area contributed by atoms with E-state index in [4.69, 9.17) is 4.74 Å². The predicted octanol–water partition coefficient (Wildman–Crippen LogP) is 3.70. The molecule has 126 valence electrons. The van der Waals surface area contributed by atoms with Crippen molar-refractivity contribution in [3.05, 3.63) is 78.1 Å². The van der Waals surface area contributed by atoms with E-state index in [0.29, 0.717) is 5.69 Å². The molecule has 0 fully saturated rings. The Balaban J connectivity index is 1.55. The highest BCUT2D eigenvalue weighted by atomic mass is 19.1. The van der Waals surface area contributed by atoms with Crippen molar-refractivity contribution in [1.82, 2.24) is 0 Å². The normalized spacial score (nSPS) is 10.4. The van der Waals surface area contributed by atoms with E-state index in [0.717, 1.165) is 16.3 Å². The van der Waals surface area contributed by atoms with Crippen molar-refractivity contribution >= 4 is 28.3 Å². The number of benzene rings is 3. The number of hydrogen-bond donors (Lipinski definition) is 1. The van der Waals surface area contributed by atoms with Gasteiger partial charge in [0.25, 0.3) is 5.91 Å². The number of fused-ring (bicyclic) bond motifs is 1. The number of halogens is 1. The summed E-state index contributed by atoms with van der Waals surface area (Å²) in [5.41, 5.74) is 1.29. The van der Waals surface area contributed by atoms with Crippen LogP contribution >= 0.6 is 0 Å². The highest BCUT2D eigenvalue weighted by molar-refractivity contribution is 5.93. The number of nitrogens with one attached hydrogen (secondary N) is 1. The molecular weight excluding hydrogens is 321 g/mol. The van der Waals surface area contributed by atoms with Gasteiger partial charge in [-0.2, -0.15) is 0 Å². The van der Waals surface area contributed by atoms with E-state index in [1.165, 1.54) is 24.3 Å². The Morgan fingerprint density at radius 3 is 2.44 bits per heavy atom. The first-order chi connectivity index (χ1) is 12.1. The molecule has 1 N–H and O–H groups in total. The molecule has 0 unspecified atom stereocenters. The molecule has 4 nitrogen and oxygen atoms in total. The van der Waals surface area contributed by atoms with Gasteiger partial charge in [-0.05, 0) is 40.6 Å². The summed E-state index contributed by atoms with van der Waals surface area (Å²) < 4.78 is 17.8. The fraction of sp³-hybridized carbons (Fsp3) is 0.100. The summed E-state index contributed by atoms with van der Waals surface area (Å²) in [6.07, 6.45) is 0.0885. The van der Waals surface area contributed by atoms with E-state index >= 15 is 0 Å². The minimum Gasteiger partial charge on any atom is -0.455 e. The van der Waals surface area contributed by atoms with Crippen molar-refractivity contribution < 1.29 is 18.7 Å². The number of rotatable bonds is 5. The van der Waals surface area contributed by atoms with Crippen molar-refractivity contribution in [2.75, 3.05) is 11.9 Å². The Kier molecular flexibility index (Phi) is 5.04. The molecule has 3 aromatic carbocycles. The van der Waals surface area contributed by atoms with Crippen LogP contribution in [0, 0.1) is 5.82 Å². The Bertz CT molecular complexity index is 901. The molecule has 0 heterocycles. The van der Waals surface area contributed by atoms with Crippen molar-refractivity contribution in [2.24, 2.45) is 0 Å². The third kappa shape index (κ3) is 4.41. The molecule has 3 aromatic rings. The second-order valence-electron chi connectivity index (χ2n) is 5.53. The molecule has 0 saturated carbocycles. The lowest BCUT2D eigenvalue weighted by Gasteiger charge is -2.08. The third-order valence-corrected chi connectivity index (χ3v) is 3.71. The maximum absolute atomic E-state index is 12.8. The number of carbonyl (C=O) groups excluding carboxylic acids is 2. The third-order valence-electron chi connectivity index (χ3n) is 3.71. The zero-order chi connectivity index (χ0) is 17.6. The quantitative estimate of drug-likeness (QED) is 0.722. The lowest BCUT2D eigenvalue weighted by Crippen LogP contribution is -2.21. The van der Waals surface area contributed by atoms with Crippen molar-refractivity contribution in [3.63, 3.8) is 0 Å². The van der Waals surface area contributed by atoms with Crippen LogP contribution in [0.1, 0.15) is 5.56 Å². The number of esters is 1. The first-order valence-electron chi connectivity index (χ1n) is 7.79. The van der Waals surface area contributed by atoms with Gasteiger partial charge in [0, 0.05) is 5.69 Å². The maximum Gasteiger partial charge on any atom is 0.310 e. The standard InChI is InChI=1S/C20H16FNO3/c21-16-8-10-17(11-9-16)22-19(23)13-25-20(24)12-15-6-3-5-14-4-1-2-7-18(14)15/h1-11H,12-13H2,(H,22,23). The molecule has 0 aliphatic carbocycles. The van der Waals surface area contributed by atoms with Crippen LogP contribution < -0.4 is 5.32 Å². The maximum atomic E-state index is 12.8. The van der Waals surface area contributed by atoms with Crippen LogP contribution in [0.3, 0.4) is 0 Å². The molecule has 0 aliphatic rings. The van der Waals surface area contributed by atoms with Crippen LogP contribution in [-0.4, -0.2) is 18.5 Å². The Labute approximate surface area is 144 Å². The molecular formula is C20H16FNO3. The van der Waals surface area contributed by atoms with Gasteiger partial charge in [0.2, 0.25) is 0 Å². The highest BCUT2D eigenvalue weighted by Crippen LogP contribution is 2.19. The summed E-state index contributed by atoms with van der Waals surface area (Å²) in [4.78, 5) is 23.8. The van der Waals surface area contributed by atoms with Gasteiger partial charge < -0.3 is 10.1 Å². The van der Waals surface area contributed by atoms with E-state index in [9.17, 15) is 14.0 Å². The molecule has 0 bridgehead atoms. The Morgan fingerprint density at radius 1 is 0.920 bits per heavy atom. The summed E-state index contributed by atoms with van der Waals surface area (Å²) in [5, 5.41) is 4.56. The van der Waals surface area contributed by atoms with Crippen LogP contribution in [0.5, 0.6) is 0 Å². The fourth-order valence-corrected chi connectivity index (χ4v) is 2.53. The van der Waals surface area contributed by atoms with E-state index in [1.807, 2.05) is 42.5 Å². The zero-order valence-electron chi connectivity index (χ0n) is 13.4. The topological polar surface area (TPSA) is 55.4 Å². The van der Waals surface area contributed by atoms with E-state index in [-0.39, 0.29) is 18.8 Å². The summed E-state index contributed by atoms with van der Waals surface area (Å²) >= 11 is 0. The minimum atomic E-state index is -0.481. The first-order valence-corrected chi connectivity index (χ1v) is 7.79. The molecule has 0 aromatic heterocycles. The van der Waals surface area contributed by atoms with E-state index < -0.39 is 11.9 Å². The zero-order valence-corrected chi connectivity index (χ0v) is 13.4. The van der Waals surface area contributed by atoms with Gasteiger partial charge in [0.05, 0.1) is 6.42 Å². The highest BCUT2D eigenvalue weighted by Gasteiger charge is 2.11. The fourth-order valence-electron chi connectivity index (χ4n) is 2.53. The lowest BCUT2D eigenvalue weighted by molar-refractivity contribution is -0.146. The molecule has 0 radical (unpaired) electrons. The van der Waals surface area contributed by atoms with Gasteiger partial charge in [0.15, 0.2) is 6.61 Å². The van der Waals surface area contributed by atoms with Crippen LogP contribution in [0.25, 0.3) is 10.8 Å². The second kappa shape index (κ2) is 7.57. The van der Waals surface area contributed by atoms with Gasteiger partial charge in [-0.1, -0.05) is 42.5 Å². The van der Waals surface area contributed by atoms with Gasteiger partial charge in [0.1, 0.15) is 5.82 Å². The summed E-state index contributed by atoms with van der Waals surface area (Å²) in [6, 6.07) is 18.8. The second-order valence-corrected chi connectivity index (χ2v) is 5.53. The summed E-state index contributed by atoms with van der Waals surface area (Å²) in [5.74, 6) is -1.34. The SMILES string of the molecule is O=C(COC(=O)Cc1cccc2ccccc12)Nc1ccc(F)cc1. The molecule has 5 heteroatoms. The molecule has 0 aliphatic heterocycles. The average molecular weight is 337 g/mol. The van der Waals surface area contributed by atoms with Gasteiger partial charge in [-0.3, -0.25) is 9.59 Å². The number of anilines is 1. The average Bonchev–Trinajstić information content (AvgIpc) is 2.62. The predicted molar refractivity (Wildman–Crippen MR) is 93.6 cm³/mol. The van der Waals surface area contributed by atoms with E-state index in [2.05, 4.69) is 5.32 Å². The smallest absolute Gasteiger partial charge is 0.310 e. The molecule has 0 spiro atoms. The van der Waals surface area contributed by atoms with Crippen molar-refractivity contribution in [1.29, 1.82) is 0 Å². The number of ether oxygens (including phenoxy) is 1. The molecule has 3 rings (SSSR count). The first kappa shape index (κ1) is 16.6. The monoisotopic (exact) mass is 337 g/mol. The van der Waals surface area contributed by atoms with Gasteiger partial charge in [-0.25, -0.2) is 4.39 Å². The molecule has 0 atom stereocenters. The molecule has 0 saturated heterocycles. The van der Waals surface area contributed by atoms with Crippen LogP contribution in [0.4, 0.5) is 10.1 Å². The molecule has 25 heavy (non-hydrogen) atoms. The van der Waals surface area contributed by atoms with Crippen molar-refractivity contribution in [3.8, 4) is 0 Å². The van der Waals surface area contributed by atoms with Crippen molar-refractivity contribution in [2.45, 2.75) is 6.42 Å². The van der Waals surface area contributed by atoms with Crippen LogP contribution in [0.15, 0.2) is 66.7 Å². The van der Waals surface area contributed by atoms with Crippen LogP contribution in [-0.2, 0) is 20.7 Å². The Hall–Kier alpha value is -3.21. The van der Waals surface area contributed by atoms with Crippen LogP contribution in [0.2, 0.25) is 0 Å². The minimum absolute atomic E-state index is 0.0885. The summed E-state index contributed by atoms with van der Waals surface area (Å²) in [7, 11) is 0. The number of carbonyl (C=O) groups is 2. The largest absolute Gasteiger partial charge is 0.455 e.